The summed E-state index contributed by atoms with van der Waals surface area (Å²) >= 11 is 0. The van der Waals surface area contributed by atoms with Gasteiger partial charge in [-0.1, -0.05) is 0 Å². The van der Waals surface area contributed by atoms with E-state index in [1.165, 1.54) is 0 Å². The summed E-state index contributed by atoms with van der Waals surface area (Å²) in [4.78, 5) is 13.1. The third kappa shape index (κ3) is 2.29. The maximum absolute atomic E-state index is 5.99. The average Bonchev–Trinajstić information content (AvgIpc) is 2.96. The van der Waals surface area contributed by atoms with Gasteiger partial charge in [0.15, 0.2) is 0 Å². The number of hydrogen-bond acceptors (Lipinski definition) is 5. The average molecular weight is 272 g/mol. The molecular formula is C14H20N6. The molecule has 1 fully saturated rings. The highest BCUT2D eigenvalue weighted by atomic mass is 15.3. The molecule has 2 N–H and O–H groups in total. The van der Waals surface area contributed by atoms with Crippen LogP contribution in [0, 0.1) is 0 Å². The Morgan fingerprint density at radius 2 is 1.90 bits per heavy atom. The number of hydrogen-bond donors (Lipinski definition) is 1. The lowest BCUT2D eigenvalue weighted by atomic mass is 10.2. The van der Waals surface area contributed by atoms with Gasteiger partial charge in [0.25, 0.3) is 0 Å². The van der Waals surface area contributed by atoms with Crippen LogP contribution in [0.5, 0.6) is 0 Å². The number of nitrogen functional groups attached to an aromatic ring is 1. The molecule has 0 radical (unpaired) electrons. The van der Waals surface area contributed by atoms with E-state index in [9.17, 15) is 0 Å². The van der Waals surface area contributed by atoms with Gasteiger partial charge < -0.3 is 20.1 Å². The van der Waals surface area contributed by atoms with Gasteiger partial charge in [0.1, 0.15) is 0 Å². The maximum Gasteiger partial charge on any atom is 0.205 e. The van der Waals surface area contributed by atoms with Crippen molar-refractivity contribution in [2.45, 2.75) is 13.5 Å². The molecule has 0 saturated carbocycles. The van der Waals surface area contributed by atoms with Crippen LogP contribution in [0.4, 0.5) is 17.3 Å². The normalized spacial score (nSPS) is 15.7. The number of nitrogens with zero attached hydrogens (tertiary/aromatic N) is 5. The Morgan fingerprint density at radius 3 is 2.60 bits per heavy atom. The number of piperazine rings is 1. The lowest BCUT2D eigenvalue weighted by molar-refractivity contribution is 0.618. The molecule has 3 rings (SSSR count). The van der Waals surface area contributed by atoms with E-state index >= 15 is 0 Å². The number of pyridine rings is 1. The van der Waals surface area contributed by atoms with Crippen LogP contribution in [0.3, 0.4) is 0 Å². The number of aromatic nitrogens is 3. The summed E-state index contributed by atoms with van der Waals surface area (Å²) in [6.45, 7) is 6.90. The smallest absolute Gasteiger partial charge is 0.205 e. The van der Waals surface area contributed by atoms with Crippen LogP contribution in [0.1, 0.15) is 6.92 Å². The van der Waals surface area contributed by atoms with Gasteiger partial charge in [-0.25, -0.2) is 4.98 Å². The fourth-order valence-electron chi connectivity index (χ4n) is 2.67. The van der Waals surface area contributed by atoms with Crippen LogP contribution < -0.4 is 15.5 Å². The molecule has 2 aromatic rings. The fraction of sp³-hybridized carbons (Fsp3) is 0.429. The zero-order valence-electron chi connectivity index (χ0n) is 11.7. The molecule has 20 heavy (non-hydrogen) atoms. The number of aryl methyl sites for hydroxylation is 1. The van der Waals surface area contributed by atoms with Gasteiger partial charge in [0, 0.05) is 51.3 Å². The van der Waals surface area contributed by atoms with Gasteiger partial charge in [-0.15, -0.1) is 0 Å². The van der Waals surface area contributed by atoms with Gasteiger partial charge >= 0.3 is 0 Å². The third-order valence-corrected chi connectivity index (χ3v) is 3.77. The zero-order valence-corrected chi connectivity index (χ0v) is 11.7. The van der Waals surface area contributed by atoms with Crippen molar-refractivity contribution in [3.63, 3.8) is 0 Å². The minimum atomic E-state index is 0.746. The van der Waals surface area contributed by atoms with Crippen LogP contribution in [0.2, 0.25) is 0 Å². The van der Waals surface area contributed by atoms with Crippen molar-refractivity contribution in [3.8, 4) is 0 Å². The van der Waals surface area contributed by atoms with E-state index < -0.39 is 0 Å². The first kappa shape index (κ1) is 12.8. The van der Waals surface area contributed by atoms with Crippen molar-refractivity contribution in [1.82, 2.24) is 14.5 Å². The Labute approximate surface area is 118 Å². The Hall–Kier alpha value is -2.24. The van der Waals surface area contributed by atoms with Gasteiger partial charge in [0.2, 0.25) is 5.95 Å². The summed E-state index contributed by atoms with van der Waals surface area (Å²) in [5.74, 6) is 1.06. The highest BCUT2D eigenvalue weighted by molar-refractivity contribution is 5.66. The second-order valence-electron chi connectivity index (χ2n) is 4.92. The van der Waals surface area contributed by atoms with Crippen molar-refractivity contribution in [2.24, 2.45) is 0 Å². The van der Waals surface area contributed by atoms with E-state index in [-0.39, 0.29) is 0 Å². The lowest BCUT2D eigenvalue weighted by Crippen LogP contribution is -2.47. The highest BCUT2D eigenvalue weighted by Crippen LogP contribution is 2.23. The summed E-state index contributed by atoms with van der Waals surface area (Å²) in [7, 11) is 0. The predicted molar refractivity (Wildman–Crippen MR) is 81.0 cm³/mol. The second-order valence-corrected chi connectivity index (χ2v) is 4.92. The Morgan fingerprint density at radius 1 is 1.15 bits per heavy atom. The summed E-state index contributed by atoms with van der Waals surface area (Å²) in [6, 6.07) is 1.98. The standard InChI is InChI=1S/C14H20N6/c1-2-18-6-5-17-14(18)20-9-7-19(8-10-20)13-3-4-16-11-12(13)15/h3-6,11H,2,7-10,15H2,1H3. The van der Waals surface area contributed by atoms with E-state index in [0.717, 1.165) is 50.0 Å². The van der Waals surface area contributed by atoms with E-state index in [1.807, 2.05) is 18.5 Å². The Kier molecular flexibility index (Phi) is 3.45. The van der Waals surface area contributed by atoms with E-state index in [4.69, 9.17) is 5.73 Å². The molecule has 1 saturated heterocycles. The first-order valence-corrected chi connectivity index (χ1v) is 7.00. The van der Waals surface area contributed by atoms with Gasteiger partial charge in [-0.3, -0.25) is 4.98 Å². The van der Waals surface area contributed by atoms with Crippen LogP contribution in [-0.2, 0) is 6.54 Å². The monoisotopic (exact) mass is 272 g/mol. The summed E-state index contributed by atoms with van der Waals surface area (Å²) in [6.07, 6.45) is 7.40. The number of nitrogens with two attached hydrogens (primary N) is 1. The zero-order chi connectivity index (χ0) is 13.9. The highest BCUT2D eigenvalue weighted by Gasteiger charge is 2.21. The molecule has 0 aromatic carbocycles. The van der Waals surface area contributed by atoms with E-state index in [1.54, 1.807) is 12.4 Å². The quantitative estimate of drug-likeness (QED) is 0.910. The molecular weight excluding hydrogens is 252 g/mol. The van der Waals surface area contributed by atoms with Crippen LogP contribution in [0.25, 0.3) is 0 Å². The van der Waals surface area contributed by atoms with Gasteiger partial charge in [0.05, 0.1) is 17.6 Å². The molecule has 2 aromatic heterocycles. The first-order chi connectivity index (χ1) is 9.79. The summed E-state index contributed by atoms with van der Waals surface area (Å²) < 4.78 is 2.18. The molecule has 6 nitrogen and oxygen atoms in total. The predicted octanol–water partition coefficient (Wildman–Crippen LogP) is 1.21. The SMILES string of the molecule is CCn1ccnc1N1CCN(c2ccncc2N)CC1. The Bertz CT molecular complexity index is 571. The first-order valence-electron chi connectivity index (χ1n) is 7.00. The molecule has 106 valence electrons. The van der Waals surface area contributed by atoms with E-state index in [0.29, 0.717) is 0 Å². The minimum Gasteiger partial charge on any atom is -0.396 e. The van der Waals surface area contributed by atoms with Crippen LogP contribution in [-0.4, -0.2) is 40.7 Å². The van der Waals surface area contributed by atoms with Crippen LogP contribution >= 0.6 is 0 Å². The summed E-state index contributed by atoms with van der Waals surface area (Å²) in [5, 5.41) is 0. The van der Waals surface area contributed by atoms with E-state index in [2.05, 4.69) is 31.3 Å². The molecule has 0 amide bonds. The number of anilines is 3. The molecule has 6 heteroatoms. The van der Waals surface area contributed by atoms with Crippen molar-refractivity contribution < 1.29 is 0 Å². The molecule has 0 spiro atoms. The molecule has 0 atom stereocenters. The third-order valence-electron chi connectivity index (χ3n) is 3.77. The van der Waals surface area contributed by atoms with Crippen LogP contribution in [0.15, 0.2) is 30.9 Å². The molecule has 3 heterocycles. The van der Waals surface area contributed by atoms with Gasteiger partial charge in [-0.2, -0.15) is 0 Å². The van der Waals surface area contributed by atoms with Crippen molar-refractivity contribution in [1.29, 1.82) is 0 Å². The molecule has 0 bridgehead atoms. The number of imidazole rings is 1. The van der Waals surface area contributed by atoms with Crippen molar-refractivity contribution >= 4 is 17.3 Å². The minimum absolute atomic E-state index is 0.746. The number of rotatable bonds is 3. The molecule has 1 aliphatic rings. The molecule has 0 unspecified atom stereocenters. The topological polar surface area (TPSA) is 63.2 Å². The fourth-order valence-corrected chi connectivity index (χ4v) is 2.67. The largest absolute Gasteiger partial charge is 0.396 e. The van der Waals surface area contributed by atoms with Gasteiger partial charge in [-0.05, 0) is 13.0 Å². The second kappa shape index (κ2) is 5.40. The van der Waals surface area contributed by atoms with Crippen molar-refractivity contribution in [3.05, 3.63) is 30.9 Å². The summed E-state index contributed by atoms with van der Waals surface area (Å²) in [5.41, 5.74) is 7.82. The Balaban J connectivity index is 1.70. The maximum atomic E-state index is 5.99. The molecule has 0 aliphatic carbocycles. The van der Waals surface area contributed by atoms with Crippen molar-refractivity contribution in [2.75, 3.05) is 41.7 Å². The lowest BCUT2D eigenvalue weighted by Gasteiger charge is -2.37. The molecule has 1 aliphatic heterocycles.